The fourth-order valence-electron chi connectivity index (χ4n) is 4.36. The van der Waals surface area contributed by atoms with Crippen LogP contribution < -0.4 is 15.4 Å². The number of anilines is 2. The fraction of sp³-hybridized carbons (Fsp3) is 0.292. The van der Waals surface area contributed by atoms with Crippen LogP contribution in [0.2, 0.25) is 0 Å². The molecule has 31 heavy (non-hydrogen) atoms. The van der Waals surface area contributed by atoms with Crippen LogP contribution in [-0.2, 0) is 6.54 Å². The number of nitrogens with zero attached hydrogens (tertiary/aromatic N) is 5. The number of hydrogen-bond acceptors (Lipinski definition) is 6. The van der Waals surface area contributed by atoms with E-state index in [1.807, 2.05) is 31.2 Å². The molecule has 4 aromatic rings. The number of piperazine rings is 1. The number of aliphatic hydroxyl groups is 1. The summed E-state index contributed by atoms with van der Waals surface area (Å²) in [6, 6.07) is 16.3. The number of fused-ring (bicyclic) bond motifs is 2. The predicted octanol–water partition coefficient (Wildman–Crippen LogP) is 2.57. The Bertz CT molecular complexity index is 1310. The lowest BCUT2D eigenvalue weighted by Gasteiger charge is -2.38. The lowest BCUT2D eigenvalue weighted by Crippen LogP contribution is -2.46. The van der Waals surface area contributed by atoms with E-state index in [-0.39, 0.29) is 18.7 Å². The third-order valence-electron chi connectivity index (χ3n) is 5.96. The number of para-hydroxylation sites is 1. The van der Waals surface area contributed by atoms with Gasteiger partial charge in [0.2, 0.25) is 0 Å². The Morgan fingerprint density at radius 1 is 0.935 bits per heavy atom. The van der Waals surface area contributed by atoms with Gasteiger partial charge < -0.3 is 14.9 Å². The minimum Gasteiger partial charge on any atom is -0.395 e. The van der Waals surface area contributed by atoms with Gasteiger partial charge in [-0.3, -0.25) is 14.3 Å². The summed E-state index contributed by atoms with van der Waals surface area (Å²) in [5.41, 5.74) is 4.96. The number of pyridine rings is 1. The Morgan fingerprint density at radius 3 is 2.52 bits per heavy atom. The summed E-state index contributed by atoms with van der Waals surface area (Å²) in [6.45, 7) is 5.83. The zero-order valence-electron chi connectivity index (χ0n) is 17.5. The minimum absolute atomic E-state index is 0.0816. The van der Waals surface area contributed by atoms with E-state index in [0.717, 1.165) is 43.1 Å². The van der Waals surface area contributed by atoms with Crippen LogP contribution in [-0.4, -0.2) is 52.4 Å². The molecule has 0 radical (unpaired) electrons. The zero-order chi connectivity index (χ0) is 21.4. The van der Waals surface area contributed by atoms with Gasteiger partial charge >= 0.3 is 0 Å². The minimum atomic E-state index is -0.115. The molecule has 7 heteroatoms. The van der Waals surface area contributed by atoms with Gasteiger partial charge in [-0.2, -0.15) is 0 Å². The summed E-state index contributed by atoms with van der Waals surface area (Å²) in [5, 5.41) is 10.9. The van der Waals surface area contributed by atoms with Gasteiger partial charge in [0.25, 0.3) is 5.56 Å². The molecule has 2 aromatic heterocycles. The second kappa shape index (κ2) is 8.00. The SMILES string of the molecule is Cc1cc(N2CCN(c3ccc4c(=O)n(CCO)cnc4c3)CC2)c2ccccc2n1. The van der Waals surface area contributed by atoms with Crippen LogP contribution in [0.4, 0.5) is 11.4 Å². The molecule has 3 heterocycles. The van der Waals surface area contributed by atoms with E-state index in [1.165, 1.54) is 22.0 Å². The first-order valence-electron chi connectivity index (χ1n) is 10.6. The zero-order valence-corrected chi connectivity index (χ0v) is 17.5. The Kier molecular flexibility index (Phi) is 5.03. The van der Waals surface area contributed by atoms with Crippen LogP contribution in [0.5, 0.6) is 0 Å². The largest absolute Gasteiger partial charge is 0.395 e. The van der Waals surface area contributed by atoms with Crippen LogP contribution in [0.1, 0.15) is 5.69 Å². The average molecular weight is 415 g/mol. The van der Waals surface area contributed by atoms with Crippen molar-refractivity contribution in [2.45, 2.75) is 13.5 Å². The lowest BCUT2D eigenvalue weighted by atomic mass is 10.1. The Labute approximate surface area is 180 Å². The van der Waals surface area contributed by atoms with Gasteiger partial charge in [0.1, 0.15) is 0 Å². The summed E-state index contributed by atoms with van der Waals surface area (Å²) in [4.78, 5) is 26.4. The van der Waals surface area contributed by atoms with Crippen molar-refractivity contribution >= 4 is 33.2 Å². The average Bonchev–Trinajstić information content (AvgIpc) is 2.80. The van der Waals surface area contributed by atoms with E-state index in [4.69, 9.17) is 5.11 Å². The number of rotatable bonds is 4. The first-order chi connectivity index (χ1) is 15.1. The van der Waals surface area contributed by atoms with E-state index in [1.54, 1.807) is 0 Å². The summed E-state index contributed by atoms with van der Waals surface area (Å²) in [5.74, 6) is 0. The highest BCUT2D eigenvalue weighted by Gasteiger charge is 2.20. The number of benzene rings is 2. The van der Waals surface area contributed by atoms with E-state index in [0.29, 0.717) is 10.9 Å². The highest BCUT2D eigenvalue weighted by atomic mass is 16.3. The summed E-state index contributed by atoms with van der Waals surface area (Å²) in [6.07, 6.45) is 1.51. The monoisotopic (exact) mass is 415 g/mol. The van der Waals surface area contributed by atoms with Crippen molar-refractivity contribution < 1.29 is 5.11 Å². The summed E-state index contributed by atoms with van der Waals surface area (Å²) >= 11 is 0. The standard InChI is InChI=1S/C24H25N5O2/c1-17-14-23(19-4-2-3-5-21(19)26-17)28-10-8-27(9-11-28)18-6-7-20-22(15-18)25-16-29(12-13-30)24(20)31/h2-7,14-16,30H,8-13H2,1H3. The van der Waals surface area contributed by atoms with Gasteiger partial charge in [0.15, 0.2) is 0 Å². The van der Waals surface area contributed by atoms with Gasteiger partial charge in [-0.15, -0.1) is 0 Å². The molecular weight excluding hydrogens is 390 g/mol. The van der Waals surface area contributed by atoms with Crippen molar-refractivity contribution in [2.24, 2.45) is 0 Å². The molecule has 7 nitrogen and oxygen atoms in total. The Balaban J connectivity index is 1.38. The second-order valence-corrected chi connectivity index (χ2v) is 7.94. The molecule has 1 N–H and O–H groups in total. The molecule has 0 atom stereocenters. The first kappa shape index (κ1) is 19.5. The van der Waals surface area contributed by atoms with Crippen molar-refractivity contribution in [3.63, 3.8) is 0 Å². The number of aromatic nitrogens is 3. The molecule has 0 spiro atoms. The van der Waals surface area contributed by atoms with Crippen LogP contribution in [0, 0.1) is 6.92 Å². The maximum absolute atomic E-state index is 12.5. The smallest absolute Gasteiger partial charge is 0.261 e. The topological polar surface area (TPSA) is 74.5 Å². The fourth-order valence-corrected chi connectivity index (χ4v) is 4.36. The highest BCUT2D eigenvalue weighted by molar-refractivity contribution is 5.92. The van der Waals surface area contributed by atoms with E-state index in [2.05, 4.69) is 44.0 Å². The van der Waals surface area contributed by atoms with Crippen molar-refractivity contribution in [1.82, 2.24) is 14.5 Å². The lowest BCUT2D eigenvalue weighted by molar-refractivity contribution is 0.274. The molecule has 0 saturated carbocycles. The molecule has 158 valence electrons. The first-order valence-corrected chi connectivity index (χ1v) is 10.6. The molecule has 1 aliphatic heterocycles. The van der Waals surface area contributed by atoms with Crippen molar-refractivity contribution in [2.75, 3.05) is 42.6 Å². The second-order valence-electron chi connectivity index (χ2n) is 7.94. The Hall–Kier alpha value is -3.45. The Morgan fingerprint density at radius 2 is 1.71 bits per heavy atom. The van der Waals surface area contributed by atoms with Crippen molar-refractivity contribution in [3.05, 3.63) is 70.9 Å². The molecular formula is C24H25N5O2. The van der Waals surface area contributed by atoms with Crippen molar-refractivity contribution in [3.8, 4) is 0 Å². The van der Waals surface area contributed by atoms with Crippen molar-refractivity contribution in [1.29, 1.82) is 0 Å². The highest BCUT2D eigenvalue weighted by Crippen LogP contribution is 2.29. The normalized spacial score (nSPS) is 14.5. The van der Waals surface area contributed by atoms with Gasteiger partial charge in [-0.1, -0.05) is 18.2 Å². The van der Waals surface area contributed by atoms with Gasteiger partial charge in [0, 0.05) is 48.6 Å². The van der Waals surface area contributed by atoms with Gasteiger partial charge in [0.05, 0.1) is 35.9 Å². The molecule has 1 fully saturated rings. The molecule has 0 aliphatic carbocycles. The molecule has 0 unspecified atom stereocenters. The van der Waals surface area contributed by atoms with Crippen LogP contribution >= 0.6 is 0 Å². The molecule has 5 rings (SSSR count). The predicted molar refractivity (Wildman–Crippen MR) is 124 cm³/mol. The van der Waals surface area contributed by atoms with Crippen LogP contribution in [0.25, 0.3) is 21.8 Å². The molecule has 1 aliphatic rings. The molecule has 1 saturated heterocycles. The van der Waals surface area contributed by atoms with Crippen LogP contribution in [0.3, 0.4) is 0 Å². The van der Waals surface area contributed by atoms with Gasteiger partial charge in [-0.25, -0.2) is 4.98 Å². The van der Waals surface area contributed by atoms with Crippen LogP contribution in [0.15, 0.2) is 59.7 Å². The van der Waals surface area contributed by atoms with Gasteiger partial charge in [-0.05, 0) is 37.3 Å². The third kappa shape index (κ3) is 3.61. The number of aliphatic hydroxyl groups excluding tert-OH is 1. The van der Waals surface area contributed by atoms with E-state index < -0.39 is 0 Å². The summed E-state index contributed by atoms with van der Waals surface area (Å²) < 4.78 is 1.45. The number of hydrogen-bond donors (Lipinski definition) is 1. The third-order valence-corrected chi connectivity index (χ3v) is 5.96. The number of aryl methyl sites for hydroxylation is 1. The van der Waals surface area contributed by atoms with E-state index >= 15 is 0 Å². The maximum atomic E-state index is 12.5. The molecule has 2 aromatic carbocycles. The quantitative estimate of drug-likeness (QED) is 0.552. The maximum Gasteiger partial charge on any atom is 0.261 e. The molecule has 0 amide bonds. The van der Waals surface area contributed by atoms with E-state index in [9.17, 15) is 4.79 Å². The molecule has 0 bridgehead atoms. The summed E-state index contributed by atoms with van der Waals surface area (Å²) in [7, 11) is 0.